The fourth-order valence-corrected chi connectivity index (χ4v) is 3.99. The third-order valence-electron chi connectivity index (χ3n) is 5.72. The largest absolute Gasteiger partial charge is 0.311 e. The van der Waals surface area contributed by atoms with E-state index in [-0.39, 0.29) is 0 Å². The minimum atomic E-state index is 0.616. The Kier molecular flexibility index (Phi) is 5.30. The predicted octanol–water partition coefficient (Wildman–Crippen LogP) is 7.72. The Bertz CT molecular complexity index is 1440. The molecule has 0 aliphatic rings. The molecule has 3 heteroatoms. The molecule has 154 valence electrons. The summed E-state index contributed by atoms with van der Waals surface area (Å²) in [6, 6.07) is 42.7. The average molecular weight is 422 g/mol. The van der Waals surface area contributed by atoms with Gasteiger partial charge < -0.3 is 4.90 Å². The Morgan fingerprint density at radius 2 is 0.909 bits per heavy atom. The van der Waals surface area contributed by atoms with Gasteiger partial charge in [-0.2, -0.15) is 10.5 Å². The highest BCUT2D eigenvalue weighted by Gasteiger charge is 2.13. The lowest BCUT2D eigenvalue weighted by atomic mass is 10.0. The summed E-state index contributed by atoms with van der Waals surface area (Å²) >= 11 is 0. The van der Waals surface area contributed by atoms with Gasteiger partial charge >= 0.3 is 0 Å². The number of anilines is 3. The minimum Gasteiger partial charge on any atom is -0.311 e. The van der Waals surface area contributed by atoms with Crippen LogP contribution in [0.2, 0.25) is 0 Å². The zero-order valence-corrected chi connectivity index (χ0v) is 17.8. The summed E-state index contributed by atoms with van der Waals surface area (Å²) in [6.07, 6.45) is 0. The molecule has 5 rings (SSSR count). The monoisotopic (exact) mass is 421 g/mol. The van der Waals surface area contributed by atoms with Crippen LogP contribution in [0, 0.1) is 22.7 Å². The summed E-state index contributed by atoms with van der Waals surface area (Å²) in [5, 5.41) is 20.8. The predicted molar refractivity (Wildman–Crippen MR) is 133 cm³/mol. The molecule has 0 aliphatic carbocycles. The van der Waals surface area contributed by atoms with E-state index in [1.165, 1.54) is 16.3 Å². The first-order valence-corrected chi connectivity index (χ1v) is 10.6. The van der Waals surface area contributed by atoms with E-state index in [0.717, 1.165) is 22.6 Å². The highest BCUT2D eigenvalue weighted by atomic mass is 15.1. The number of fused-ring (bicyclic) bond motifs is 1. The maximum atomic E-state index is 9.17. The van der Waals surface area contributed by atoms with Gasteiger partial charge in [0, 0.05) is 17.1 Å². The molecule has 0 fully saturated rings. The van der Waals surface area contributed by atoms with Gasteiger partial charge in [-0.05, 0) is 88.6 Å². The molecule has 5 aromatic carbocycles. The van der Waals surface area contributed by atoms with Gasteiger partial charge in [-0.1, -0.05) is 48.5 Å². The fraction of sp³-hybridized carbons (Fsp3) is 0. The summed E-state index contributed by atoms with van der Waals surface area (Å²) in [5.74, 6) is 0. The van der Waals surface area contributed by atoms with Gasteiger partial charge in [-0.25, -0.2) is 0 Å². The second-order valence-electron chi connectivity index (χ2n) is 7.76. The molecular formula is C30H19N3. The Morgan fingerprint density at radius 3 is 1.42 bits per heavy atom. The van der Waals surface area contributed by atoms with E-state index >= 15 is 0 Å². The summed E-state index contributed by atoms with van der Waals surface area (Å²) in [7, 11) is 0. The Morgan fingerprint density at radius 1 is 0.455 bits per heavy atom. The number of benzene rings is 5. The maximum Gasteiger partial charge on any atom is 0.0991 e. The second kappa shape index (κ2) is 8.71. The molecule has 33 heavy (non-hydrogen) atoms. The summed E-state index contributed by atoms with van der Waals surface area (Å²) in [4.78, 5) is 2.12. The van der Waals surface area contributed by atoms with E-state index in [0.29, 0.717) is 11.1 Å². The first-order valence-electron chi connectivity index (χ1n) is 10.6. The van der Waals surface area contributed by atoms with E-state index in [1.54, 1.807) is 0 Å². The van der Waals surface area contributed by atoms with Crippen molar-refractivity contribution in [2.75, 3.05) is 4.90 Å². The van der Waals surface area contributed by atoms with Crippen molar-refractivity contribution in [2.24, 2.45) is 0 Å². The number of nitrogens with zero attached hydrogens (tertiary/aromatic N) is 3. The molecule has 0 saturated carbocycles. The molecule has 0 bridgehead atoms. The summed E-state index contributed by atoms with van der Waals surface area (Å²) in [5.41, 5.74) is 6.42. The number of rotatable bonds is 4. The van der Waals surface area contributed by atoms with Gasteiger partial charge in [0.1, 0.15) is 0 Å². The molecule has 0 aliphatic heterocycles. The topological polar surface area (TPSA) is 50.8 Å². The van der Waals surface area contributed by atoms with Crippen LogP contribution in [0.5, 0.6) is 0 Å². The van der Waals surface area contributed by atoms with Crippen molar-refractivity contribution >= 4 is 27.8 Å². The van der Waals surface area contributed by atoms with Gasteiger partial charge in [0.2, 0.25) is 0 Å². The normalized spacial score (nSPS) is 10.4. The summed E-state index contributed by atoms with van der Waals surface area (Å²) < 4.78 is 0. The molecule has 0 atom stereocenters. The van der Waals surface area contributed by atoms with Gasteiger partial charge in [-0.3, -0.25) is 0 Å². The molecule has 3 nitrogen and oxygen atoms in total. The molecular weight excluding hydrogens is 402 g/mol. The van der Waals surface area contributed by atoms with Crippen molar-refractivity contribution in [3.05, 3.63) is 126 Å². The fourth-order valence-electron chi connectivity index (χ4n) is 3.99. The van der Waals surface area contributed by atoms with E-state index in [9.17, 15) is 0 Å². The third kappa shape index (κ3) is 4.04. The maximum absolute atomic E-state index is 9.17. The lowest BCUT2D eigenvalue weighted by Crippen LogP contribution is -2.09. The van der Waals surface area contributed by atoms with Gasteiger partial charge in [-0.15, -0.1) is 0 Å². The highest BCUT2D eigenvalue weighted by Crippen LogP contribution is 2.36. The molecule has 0 radical (unpaired) electrons. The van der Waals surface area contributed by atoms with Crippen LogP contribution in [0.15, 0.2) is 115 Å². The second-order valence-corrected chi connectivity index (χ2v) is 7.76. The molecule has 0 unspecified atom stereocenters. The van der Waals surface area contributed by atoms with Crippen LogP contribution >= 0.6 is 0 Å². The van der Waals surface area contributed by atoms with E-state index < -0.39 is 0 Å². The lowest BCUT2D eigenvalue weighted by molar-refractivity contribution is 1.28. The van der Waals surface area contributed by atoms with Gasteiger partial charge in [0.25, 0.3) is 0 Å². The van der Waals surface area contributed by atoms with Crippen LogP contribution in [0.1, 0.15) is 11.1 Å². The van der Waals surface area contributed by atoms with Crippen LogP contribution in [-0.2, 0) is 0 Å². The molecule has 0 spiro atoms. The Hall–Kier alpha value is -4.86. The zero-order chi connectivity index (χ0) is 22.6. The summed E-state index contributed by atoms with van der Waals surface area (Å²) in [6.45, 7) is 0. The van der Waals surface area contributed by atoms with E-state index in [4.69, 9.17) is 10.5 Å². The molecule has 0 N–H and O–H groups in total. The highest BCUT2D eigenvalue weighted by molar-refractivity contribution is 5.87. The number of nitriles is 2. The quantitative estimate of drug-likeness (QED) is 0.298. The van der Waals surface area contributed by atoms with Crippen LogP contribution in [-0.4, -0.2) is 0 Å². The molecule has 0 aromatic heterocycles. The van der Waals surface area contributed by atoms with Crippen molar-refractivity contribution in [3.8, 4) is 23.3 Å². The SMILES string of the molecule is N#Cc1ccc(N(c2ccc(C#N)cc2)c2ccc(-c3ccc4ccccc4c3)cc2)cc1. The van der Waals surface area contributed by atoms with Crippen molar-refractivity contribution in [2.45, 2.75) is 0 Å². The Labute approximate surface area is 193 Å². The Balaban J connectivity index is 1.55. The molecule has 5 aromatic rings. The van der Waals surface area contributed by atoms with Gasteiger partial charge in [0.05, 0.1) is 23.3 Å². The van der Waals surface area contributed by atoms with Crippen molar-refractivity contribution in [1.82, 2.24) is 0 Å². The van der Waals surface area contributed by atoms with Crippen LogP contribution in [0.25, 0.3) is 21.9 Å². The van der Waals surface area contributed by atoms with Crippen molar-refractivity contribution < 1.29 is 0 Å². The standard InChI is InChI=1S/C30H19N3/c31-20-22-5-13-28(14-6-22)33(29-15-7-23(21-32)8-16-29)30-17-11-25(12-18-30)27-10-9-24-3-1-2-4-26(24)19-27/h1-19H. The number of hydrogen-bond acceptors (Lipinski definition) is 3. The van der Waals surface area contributed by atoms with E-state index in [2.05, 4.69) is 83.8 Å². The average Bonchev–Trinajstić information content (AvgIpc) is 2.90. The molecule has 0 amide bonds. The first-order chi connectivity index (χ1) is 16.2. The van der Waals surface area contributed by atoms with E-state index in [1.807, 2.05) is 48.5 Å². The number of hydrogen-bond donors (Lipinski definition) is 0. The zero-order valence-electron chi connectivity index (χ0n) is 17.8. The lowest BCUT2D eigenvalue weighted by Gasteiger charge is -2.25. The minimum absolute atomic E-state index is 0.616. The van der Waals surface area contributed by atoms with Crippen molar-refractivity contribution in [1.29, 1.82) is 10.5 Å². The molecule has 0 saturated heterocycles. The van der Waals surface area contributed by atoms with Gasteiger partial charge in [0.15, 0.2) is 0 Å². The van der Waals surface area contributed by atoms with Crippen LogP contribution in [0.3, 0.4) is 0 Å². The first kappa shape index (κ1) is 20.1. The van der Waals surface area contributed by atoms with Crippen LogP contribution < -0.4 is 4.90 Å². The smallest absolute Gasteiger partial charge is 0.0991 e. The van der Waals surface area contributed by atoms with Crippen LogP contribution in [0.4, 0.5) is 17.1 Å². The van der Waals surface area contributed by atoms with Crippen molar-refractivity contribution in [3.63, 3.8) is 0 Å². The molecule has 0 heterocycles. The third-order valence-corrected chi connectivity index (χ3v) is 5.72.